The second kappa shape index (κ2) is 4.15. The molecule has 0 atom stereocenters. The van der Waals surface area contributed by atoms with Crippen molar-refractivity contribution in [2.45, 2.75) is 0 Å². The van der Waals surface area contributed by atoms with Gasteiger partial charge < -0.3 is 5.11 Å². The number of halogens is 1. The third-order valence-corrected chi connectivity index (χ3v) is 3.01. The maximum absolute atomic E-state index is 13.9. The predicted octanol–water partition coefficient (Wildman–Crippen LogP) is 4.35. The Hall–Kier alpha value is -2.35. The normalized spacial score (nSPS) is 10.7. The molecule has 0 radical (unpaired) electrons. The highest BCUT2D eigenvalue weighted by molar-refractivity contribution is 5.97. The molecule has 18 heavy (non-hydrogen) atoms. The zero-order valence-electron chi connectivity index (χ0n) is 9.60. The van der Waals surface area contributed by atoms with Gasteiger partial charge in [0.05, 0.1) is 0 Å². The molecule has 3 aromatic rings. The van der Waals surface area contributed by atoms with Gasteiger partial charge in [0.15, 0.2) is 0 Å². The fourth-order valence-electron chi connectivity index (χ4n) is 2.20. The first-order valence-electron chi connectivity index (χ1n) is 5.72. The zero-order chi connectivity index (χ0) is 12.5. The summed E-state index contributed by atoms with van der Waals surface area (Å²) in [5, 5.41) is 11.6. The van der Waals surface area contributed by atoms with Gasteiger partial charge in [-0.25, -0.2) is 4.39 Å². The number of phenolic OH excluding ortho intramolecular Hbond substituents is 1. The van der Waals surface area contributed by atoms with E-state index in [0.717, 1.165) is 10.8 Å². The van der Waals surface area contributed by atoms with Crippen LogP contribution in [-0.4, -0.2) is 5.11 Å². The van der Waals surface area contributed by atoms with Crippen LogP contribution in [0, 0.1) is 5.82 Å². The molecular weight excluding hydrogens is 227 g/mol. The molecular formula is C16H11FO. The van der Waals surface area contributed by atoms with Crippen LogP contribution in [0.2, 0.25) is 0 Å². The van der Waals surface area contributed by atoms with Crippen LogP contribution in [0.4, 0.5) is 4.39 Å². The largest absolute Gasteiger partial charge is 0.508 e. The topological polar surface area (TPSA) is 20.2 Å². The van der Waals surface area contributed by atoms with E-state index < -0.39 is 0 Å². The molecule has 0 fully saturated rings. The van der Waals surface area contributed by atoms with E-state index in [2.05, 4.69) is 0 Å². The van der Waals surface area contributed by atoms with E-state index in [9.17, 15) is 9.50 Å². The van der Waals surface area contributed by atoms with Gasteiger partial charge in [-0.05, 0) is 34.5 Å². The van der Waals surface area contributed by atoms with Crippen LogP contribution in [0.25, 0.3) is 21.9 Å². The Labute approximate surface area is 104 Å². The van der Waals surface area contributed by atoms with Gasteiger partial charge in [0, 0.05) is 5.56 Å². The van der Waals surface area contributed by atoms with Gasteiger partial charge in [0.1, 0.15) is 11.6 Å². The maximum atomic E-state index is 13.9. The molecule has 1 nitrogen and oxygen atoms in total. The fraction of sp³-hybridized carbons (Fsp3) is 0. The van der Waals surface area contributed by atoms with Crippen molar-refractivity contribution in [3.63, 3.8) is 0 Å². The van der Waals surface area contributed by atoms with Crippen molar-refractivity contribution in [2.24, 2.45) is 0 Å². The summed E-state index contributed by atoms with van der Waals surface area (Å²) in [5.74, 6) is -0.139. The number of benzene rings is 3. The third-order valence-electron chi connectivity index (χ3n) is 3.01. The lowest BCUT2D eigenvalue weighted by Gasteiger charge is -2.08. The molecule has 0 aliphatic rings. The average molecular weight is 238 g/mol. The number of fused-ring (bicyclic) bond motifs is 1. The van der Waals surface area contributed by atoms with Crippen LogP contribution in [0.1, 0.15) is 0 Å². The summed E-state index contributed by atoms with van der Waals surface area (Å²) in [7, 11) is 0. The Bertz CT molecular complexity index is 719. The number of phenols is 1. The van der Waals surface area contributed by atoms with E-state index in [-0.39, 0.29) is 11.6 Å². The molecule has 1 N–H and O–H groups in total. The van der Waals surface area contributed by atoms with E-state index in [4.69, 9.17) is 0 Å². The van der Waals surface area contributed by atoms with E-state index >= 15 is 0 Å². The Kier molecular flexibility index (Phi) is 2.49. The zero-order valence-corrected chi connectivity index (χ0v) is 9.60. The highest BCUT2D eigenvalue weighted by Gasteiger charge is 2.09. The highest BCUT2D eigenvalue weighted by atomic mass is 19.1. The molecule has 0 amide bonds. The summed E-state index contributed by atoms with van der Waals surface area (Å²) in [4.78, 5) is 0. The monoisotopic (exact) mass is 238 g/mol. The van der Waals surface area contributed by atoms with Gasteiger partial charge in [0.2, 0.25) is 0 Å². The van der Waals surface area contributed by atoms with E-state index in [1.54, 1.807) is 30.3 Å². The molecule has 3 aromatic carbocycles. The molecule has 0 aliphatic carbocycles. The minimum absolute atomic E-state index is 0.145. The van der Waals surface area contributed by atoms with Gasteiger partial charge >= 0.3 is 0 Å². The van der Waals surface area contributed by atoms with Crippen LogP contribution in [0.3, 0.4) is 0 Å². The first-order valence-corrected chi connectivity index (χ1v) is 5.72. The molecule has 88 valence electrons. The summed E-state index contributed by atoms with van der Waals surface area (Å²) >= 11 is 0. The van der Waals surface area contributed by atoms with E-state index in [1.807, 2.05) is 24.3 Å². The number of hydrogen-bond acceptors (Lipinski definition) is 1. The van der Waals surface area contributed by atoms with Crippen molar-refractivity contribution in [1.82, 2.24) is 0 Å². The van der Waals surface area contributed by atoms with Gasteiger partial charge in [-0.15, -0.1) is 0 Å². The fourth-order valence-corrected chi connectivity index (χ4v) is 2.20. The van der Waals surface area contributed by atoms with Gasteiger partial charge in [-0.3, -0.25) is 0 Å². The van der Waals surface area contributed by atoms with Gasteiger partial charge in [-0.1, -0.05) is 42.5 Å². The first kappa shape index (κ1) is 10.8. The smallest absolute Gasteiger partial charge is 0.131 e. The number of hydrogen-bond donors (Lipinski definition) is 1. The maximum Gasteiger partial charge on any atom is 0.131 e. The minimum atomic E-state index is -0.284. The molecule has 0 unspecified atom stereocenters. The SMILES string of the molecule is Oc1cc(-c2ccccc2F)c2ccccc2c1. The lowest BCUT2D eigenvalue weighted by atomic mass is 9.97. The molecule has 0 aromatic heterocycles. The van der Waals surface area contributed by atoms with Crippen molar-refractivity contribution in [3.8, 4) is 16.9 Å². The van der Waals surface area contributed by atoms with Crippen LogP contribution in [0.15, 0.2) is 60.7 Å². The van der Waals surface area contributed by atoms with Crippen molar-refractivity contribution in [1.29, 1.82) is 0 Å². The summed E-state index contributed by atoms with van der Waals surface area (Å²) in [6, 6.07) is 17.5. The minimum Gasteiger partial charge on any atom is -0.508 e. The molecule has 0 saturated heterocycles. The first-order chi connectivity index (χ1) is 8.75. The summed E-state index contributed by atoms with van der Waals surface area (Å²) in [6.07, 6.45) is 0. The molecule has 3 rings (SSSR count). The predicted molar refractivity (Wildman–Crippen MR) is 71.0 cm³/mol. The van der Waals surface area contributed by atoms with Crippen molar-refractivity contribution >= 4 is 10.8 Å². The molecule has 0 spiro atoms. The molecule has 0 saturated carbocycles. The molecule has 2 heteroatoms. The Morgan fingerprint density at radius 2 is 1.50 bits per heavy atom. The van der Waals surface area contributed by atoms with Crippen LogP contribution < -0.4 is 0 Å². The lowest BCUT2D eigenvalue weighted by Crippen LogP contribution is -1.85. The molecule has 0 bridgehead atoms. The van der Waals surface area contributed by atoms with Crippen molar-refractivity contribution < 1.29 is 9.50 Å². The lowest BCUT2D eigenvalue weighted by molar-refractivity contribution is 0.476. The number of aromatic hydroxyl groups is 1. The summed E-state index contributed by atoms with van der Waals surface area (Å²) in [5.41, 5.74) is 1.22. The van der Waals surface area contributed by atoms with Gasteiger partial charge in [-0.2, -0.15) is 0 Å². The summed E-state index contributed by atoms with van der Waals surface area (Å²) < 4.78 is 13.9. The van der Waals surface area contributed by atoms with Crippen LogP contribution >= 0.6 is 0 Å². The Morgan fingerprint density at radius 3 is 2.33 bits per heavy atom. The third kappa shape index (κ3) is 1.72. The highest BCUT2D eigenvalue weighted by Crippen LogP contribution is 2.33. The average Bonchev–Trinajstić information content (AvgIpc) is 2.38. The van der Waals surface area contributed by atoms with Crippen LogP contribution in [-0.2, 0) is 0 Å². The van der Waals surface area contributed by atoms with Crippen LogP contribution in [0.5, 0.6) is 5.75 Å². The van der Waals surface area contributed by atoms with Gasteiger partial charge in [0.25, 0.3) is 0 Å². The molecule has 0 aliphatic heterocycles. The second-order valence-electron chi connectivity index (χ2n) is 4.19. The van der Waals surface area contributed by atoms with E-state index in [0.29, 0.717) is 11.1 Å². The summed E-state index contributed by atoms with van der Waals surface area (Å²) in [6.45, 7) is 0. The van der Waals surface area contributed by atoms with Crippen molar-refractivity contribution in [3.05, 3.63) is 66.5 Å². The standard InChI is InChI=1S/C16H11FO/c17-16-8-4-3-7-14(16)15-10-12(18)9-11-5-1-2-6-13(11)15/h1-10,18H. The number of rotatable bonds is 1. The van der Waals surface area contributed by atoms with Crippen molar-refractivity contribution in [2.75, 3.05) is 0 Å². The second-order valence-corrected chi connectivity index (χ2v) is 4.19. The molecule has 0 heterocycles. The Balaban J connectivity index is 2.39. The quantitative estimate of drug-likeness (QED) is 0.668. The Morgan fingerprint density at radius 1 is 0.778 bits per heavy atom. The van der Waals surface area contributed by atoms with E-state index in [1.165, 1.54) is 6.07 Å².